The molecule has 4 heteroatoms. The number of hydrogen-bond acceptors (Lipinski definition) is 4. The van der Waals surface area contributed by atoms with E-state index in [0.717, 1.165) is 157 Å². The maximum atomic E-state index is 2.47. The maximum Gasteiger partial charge on any atom is 0.0547 e. The third kappa shape index (κ3) is 15.6. The molecule has 0 amide bonds. The zero-order chi connectivity index (χ0) is 78.8. The first-order valence-electron chi connectivity index (χ1n) is 40.3. The summed E-state index contributed by atoms with van der Waals surface area (Å²) in [6.07, 6.45) is 0. The van der Waals surface area contributed by atoms with Gasteiger partial charge in [0, 0.05) is 68.0 Å². The van der Waals surface area contributed by atoms with Gasteiger partial charge in [0.05, 0.1) is 11.4 Å². The smallest absolute Gasteiger partial charge is 0.0547 e. The normalized spacial score (nSPS) is 11.1. The molecule has 0 spiro atoms. The Labute approximate surface area is 691 Å². The zero-order valence-electron chi connectivity index (χ0n) is 65.1. The van der Waals surface area contributed by atoms with Gasteiger partial charge in [-0.3, -0.25) is 0 Å². The molecule has 19 aromatic carbocycles. The van der Waals surface area contributed by atoms with Gasteiger partial charge in [0.15, 0.2) is 0 Å². The fourth-order valence-electron chi connectivity index (χ4n) is 16.2. The zero-order valence-corrected chi connectivity index (χ0v) is 65.1. The number of hydrogen-bond donors (Lipinski definition) is 0. The van der Waals surface area contributed by atoms with E-state index in [1.54, 1.807) is 0 Å². The van der Waals surface area contributed by atoms with Gasteiger partial charge in [-0.25, -0.2) is 0 Å². The van der Waals surface area contributed by atoms with E-state index < -0.39 is 0 Å². The van der Waals surface area contributed by atoms with E-state index >= 15 is 0 Å². The van der Waals surface area contributed by atoms with Gasteiger partial charge in [-0.15, -0.1) is 0 Å². The minimum absolute atomic E-state index is 0.984. The molecule has 0 bridgehead atoms. The van der Waals surface area contributed by atoms with Crippen LogP contribution in [-0.2, 0) is 0 Å². The number of anilines is 12. The molecule has 0 aliphatic rings. The molecule has 0 saturated carbocycles. The van der Waals surface area contributed by atoms with Crippen molar-refractivity contribution in [2.75, 3.05) is 19.6 Å². The summed E-state index contributed by atoms with van der Waals surface area (Å²) >= 11 is 0. The molecule has 0 radical (unpaired) electrons. The molecule has 19 rings (SSSR count). The summed E-state index contributed by atoms with van der Waals surface area (Å²) in [5.41, 5.74) is 34.7. The summed E-state index contributed by atoms with van der Waals surface area (Å²) in [4.78, 5) is 9.69. The Morgan fingerprint density at radius 2 is 0.203 bits per heavy atom. The third-order valence-electron chi connectivity index (χ3n) is 22.3. The molecule has 19 aromatic rings. The Kier molecular flexibility index (Phi) is 20.7. The average Bonchev–Trinajstić information content (AvgIpc) is 0.741. The van der Waals surface area contributed by atoms with Crippen molar-refractivity contribution in [1.82, 2.24) is 0 Å². The molecule has 558 valence electrons. The first kappa shape index (κ1) is 72.6. The van der Waals surface area contributed by atoms with Crippen molar-refractivity contribution >= 4 is 68.2 Å². The Morgan fingerprint density at radius 1 is 0.0932 bits per heavy atom. The molecule has 0 fully saturated rings. The van der Waals surface area contributed by atoms with E-state index in [1.807, 2.05) is 0 Å². The molecule has 0 saturated heterocycles. The van der Waals surface area contributed by atoms with Crippen LogP contribution in [0.15, 0.2) is 497 Å². The van der Waals surface area contributed by atoms with E-state index in [1.165, 1.54) is 22.3 Å². The predicted octanol–water partition coefficient (Wildman–Crippen LogP) is 32.2. The summed E-state index contributed by atoms with van der Waals surface area (Å²) < 4.78 is 0. The van der Waals surface area contributed by atoms with E-state index in [4.69, 9.17) is 0 Å². The fourth-order valence-corrected chi connectivity index (χ4v) is 16.2. The highest BCUT2D eigenvalue weighted by Crippen LogP contribution is 2.52. The quantitative estimate of drug-likeness (QED) is 0.0670. The average molecular weight is 1510 g/mol. The van der Waals surface area contributed by atoms with Gasteiger partial charge in [-0.1, -0.05) is 364 Å². The van der Waals surface area contributed by atoms with Crippen LogP contribution < -0.4 is 19.6 Å². The highest BCUT2D eigenvalue weighted by Gasteiger charge is 2.27. The third-order valence-corrected chi connectivity index (χ3v) is 22.3. The molecule has 0 heterocycles. The Balaban J connectivity index is 0.847. The summed E-state index contributed by atoms with van der Waals surface area (Å²) in [6.45, 7) is 0. The number of benzene rings is 19. The van der Waals surface area contributed by atoms with Crippen molar-refractivity contribution in [3.63, 3.8) is 0 Å². The summed E-state index contributed by atoms with van der Waals surface area (Å²) in [5, 5.41) is 0. The van der Waals surface area contributed by atoms with Gasteiger partial charge in [0.2, 0.25) is 0 Å². The minimum atomic E-state index is 0.984. The summed E-state index contributed by atoms with van der Waals surface area (Å²) in [5.74, 6) is 0. The molecule has 0 unspecified atom stereocenters. The number of rotatable bonds is 22. The molecule has 0 aromatic heterocycles. The highest BCUT2D eigenvalue weighted by atomic mass is 15.2. The van der Waals surface area contributed by atoms with E-state index in [2.05, 4.69) is 517 Å². The molecule has 118 heavy (non-hydrogen) atoms. The highest BCUT2D eigenvalue weighted by molar-refractivity contribution is 6.00. The van der Waals surface area contributed by atoms with Crippen molar-refractivity contribution in [1.29, 1.82) is 0 Å². The van der Waals surface area contributed by atoms with Crippen LogP contribution in [0.3, 0.4) is 0 Å². The lowest BCUT2D eigenvalue weighted by Gasteiger charge is -2.33. The predicted molar refractivity (Wildman–Crippen MR) is 500 cm³/mol. The van der Waals surface area contributed by atoms with Crippen LogP contribution in [0.25, 0.3) is 111 Å². The lowest BCUT2D eigenvalue weighted by atomic mass is 9.93. The largest absolute Gasteiger partial charge is 0.311 e. The molecular weight excluding hydrogens is 1430 g/mol. The summed E-state index contributed by atoms with van der Waals surface area (Å²) in [7, 11) is 0. The van der Waals surface area contributed by atoms with Gasteiger partial charge >= 0.3 is 0 Å². The van der Waals surface area contributed by atoms with Crippen molar-refractivity contribution in [3.05, 3.63) is 497 Å². The van der Waals surface area contributed by atoms with Gasteiger partial charge in [-0.05, 0) is 234 Å². The van der Waals surface area contributed by atoms with Gasteiger partial charge in [0.1, 0.15) is 0 Å². The van der Waals surface area contributed by atoms with Crippen LogP contribution in [-0.4, -0.2) is 0 Å². The molecular formula is C114H82N4. The van der Waals surface area contributed by atoms with E-state index in [9.17, 15) is 0 Å². The fraction of sp³-hybridized carbons (Fsp3) is 0. The Bertz CT molecular complexity index is 5770. The van der Waals surface area contributed by atoms with Crippen molar-refractivity contribution in [2.45, 2.75) is 0 Å². The maximum absolute atomic E-state index is 2.47. The van der Waals surface area contributed by atoms with E-state index in [-0.39, 0.29) is 0 Å². The topological polar surface area (TPSA) is 13.0 Å². The lowest BCUT2D eigenvalue weighted by molar-refractivity contribution is 1.25. The molecule has 0 N–H and O–H groups in total. The van der Waals surface area contributed by atoms with Crippen molar-refractivity contribution in [3.8, 4) is 111 Å². The van der Waals surface area contributed by atoms with Gasteiger partial charge in [-0.2, -0.15) is 0 Å². The second kappa shape index (κ2) is 33.6. The van der Waals surface area contributed by atoms with Crippen LogP contribution in [0.4, 0.5) is 68.2 Å². The first-order chi connectivity index (χ1) is 58.5. The number of nitrogens with zero attached hydrogens (tertiary/aromatic N) is 4. The minimum Gasteiger partial charge on any atom is -0.311 e. The van der Waals surface area contributed by atoms with E-state index in [0.29, 0.717) is 0 Å². The van der Waals surface area contributed by atoms with Crippen LogP contribution in [0.1, 0.15) is 0 Å². The lowest BCUT2D eigenvalue weighted by Crippen LogP contribution is -2.15. The second-order valence-corrected chi connectivity index (χ2v) is 29.6. The SMILES string of the molecule is c1ccc(-c2ccc(N(c3ccc(-c4ccccc4)cc3)c3ccc(-c4cc(N(c5ccc(-c6ccccc6)cc5)c5ccc(-c6ccccc6)cc5)c(-c5ccc(N(c6ccc(-c7ccccc7)cc6)c6ccc(-c7ccccc7)cc6)cc5)cc4N(c4ccc(-c5ccccc5)cc4)c4ccc(-c5ccccc5)cc4)cc3)cc2)cc1. The van der Waals surface area contributed by atoms with Crippen molar-refractivity contribution < 1.29 is 0 Å². The molecule has 0 aliphatic heterocycles. The van der Waals surface area contributed by atoms with Crippen LogP contribution in [0.2, 0.25) is 0 Å². The van der Waals surface area contributed by atoms with Crippen LogP contribution in [0.5, 0.6) is 0 Å². The summed E-state index contributed by atoms with van der Waals surface area (Å²) in [6, 6.07) is 181. The molecule has 0 atom stereocenters. The first-order valence-corrected chi connectivity index (χ1v) is 40.3. The van der Waals surface area contributed by atoms with Crippen LogP contribution in [0, 0.1) is 0 Å². The molecule has 0 aliphatic carbocycles. The molecule has 4 nitrogen and oxygen atoms in total. The monoisotopic (exact) mass is 1510 g/mol. The Hall–Kier alpha value is -15.6. The second-order valence-electron chi connectivity index (χ2n) is 29.6. The van der Waals surface area contributed by atoms with Gasteiger partial charge in [0.25, 0.3) is 0 Å². The van der Waals surface area contributed by atoms with Crippen molar-refractivity contribution in [2.24, 2.45) is 0 Å². The van der Waals surface area contributed by atoms with Gasteiger partial charge < -0.3 is 19.6 Å². The Morgan fingerprint density at radius 3 is 0.339 bits per heavy atom. The van der Waals surface area contributed by atoms with Crippen LogP contribution >= 0.6 is 0 Å². The standard InChI is InChI=1S/C114H82N4/c1-9-25-83(26-10-1)91-41-61-101(62-42-91)115(102-63-43-92(44-64-102)84-27-11-2-12-28-84)105-77-57-99(58-78-105)111-81-114(118(109-73-53-97(54-74-109)89-37-21-7-22-38-89)110-75-55-98(56-76-110)90-39-23-8-24-40-90)112(82-113(111)117(107-69-49-95(50-70-107)87-33-17-5-18-34-87)108-71-51-96(52-72-108)88-35-19-6-20-36-88)100-59-79-106(80-60-100)116(103-65-45-93(46-66-103)85-29-13-3-14-30-85)104-67-47-94(48-68-104)86-31-15-4-16-32-86/h1-82H.